The molecule has 0 radical (unpaired) electrons. The number of carbonyl (C=O) groups excluding carboxylic acids is 1. The fourth-order valence-electron chi connectivity index (χ4n) is 5.56. The van der Waals surface area contributed by atoms with Crippen molar-refractivity contribution in [3.63, 3.8) is 0 Å². The van der Waals surface area contributed by atoms with Crippen molar-refractivity contribution in [2.75, 3.05) is 6.54 Å². The molecule has 236 valence electrons. The van der Waals surface area contributed by atoms with Gasteiger partial charge in [-0.25, -0.2) is 4.98 Å². The molecule has 2 heterocycles. The molecule has 1 N–H and O–H groups in total. The average Bonchev–Trinajstić information content (AvgIpc) is 3.61. The minimum absolute atomic E-state index is 0.191. The van der Waals surface area contributed by atoms with Crippen LogP contribution in [0.25, 0.3) is 0 Å². The van der Waals surface area contributed by atoms with Crippen LogP contribution >= 0.6 is 11.3 Å². The third-order valence-corrected chi connectivity index (χ3v) is 8.85. The summed E-state index contributed by atoms with van der Waals surface area (Å²) in [6.45, 7) is 3.14. The first-order valence-electron chi connectivity index (χ1n) is 15.9. The largest absolute Gasteiger partial charge is 0.489 e. The van der Waals surface area contributed by atoms with E-state index in [9.17, 15) is 4.79 Å². The highest BCUT2D eigenvalue weighted by Gasteiger charge is 2.19. The van der Waals surface area contributed by atoms with Crippen molar-refractivity contribution in [1.82, 2.24) is 20.2 Å². The fourth-order valence-corrected chi connectivity index (χ4v) is 6.37. The molecule has 6 rings (SSSR count). The summed E-state index contributed by atoms with van der Waals surface area (Å²) >= 11 is 1.52. The van der Waals surface area contributed by atoms with Gasteiger partial charge in [0.05, 0.1) is 18.8 Å². The van der Waals surface area contributed by atoms with Crippen LogP contribution in [0, 0.1) is 0 Å². The van der Waals surface area contributed by atoms with Gasteiger partial charge in [0.1, 0.15) is 23.1 Å². The van der Waals surface area contributed by atoms with Gasteiger partial charge in [-0.2, -0.15) is 0 Å². The average molecular weight is 639 g/mol. The Morgan fingerprint density at radius 3 is 2.06 bits per heavy atom. The summed E-state index contributed by atoms with van der Waals surface area (Å²) < 4.78 is 6.03. The van der Waals surface area contributed by atoms with Crippen molar-refractivity contribution in [3.8, 4) is 5.75 Å². The Hall–Kier alpha value is -5.11. The van der Waals surface area contributed by atoms with E-state index >= 15 is 0 Å². The number of thiazole rings is 1. The molecule has 2 aromatic heterocycles. The lowest BCUT2D eigenvalue weighted by Gasteiger charge is -2.25. The van der Waals surface area contributed by atoms with Crippen molar-refractivity contribution in [3.05, 3.63) is 184 Å². The second-order valence-electron chi connectivity index (χ2n) is 11.4. The predicted molar refractivity (Wildman–Crippen MR) is 188 cm³/mol. The molecule has 47 heavy (non-hydrogen) atoms. The lowest BCUT2D eigenvalue weighted by Crippen LogP contribution is -2.26. The quantitative estimate of drug-likeness (QED) is 0.123. The van der Waals surface area contributed by atoms with Crippen LogP contribution in [0.1, 0.15) is 55.8 Å². The van der Waals surface area contributed by atoms with Crippen molar-refractivity contribution >= 4 is 17.2 Å². The summed E-state index contributed by atoms with van der Waals surface area (Å²) in [6, 6.07) is 45.7. The van der Waals surface area contributed by atoms with Gasteiger partial charge in [-0.05, 0) is 59.5 Å². The number of amides is 1. The number of hydrogen-bond acceptors (Lipinski definition) is 6. The highest BCUT2D eigenvalue weighted by atomic mass is 32.1. The van der Waals surface area contributed by atoms with Crippen LogP contribution in [0.15, 0.2) is 145 Å². The van der Waals surface area contributed by atoms with Gasteiger partial charge in [-0.15, -0.1) is 11.3 Å². The maximum absolute atomic E-state index is 12.9. The predicted octanol–water partition coefficient (Wildman–Crippen LogP) is 8.27. The van der Waals surface area contributed by atoms with E-state index in [2.05, 4.69) is 100 Å². The van der Waals surface area contributed by atoms with Crippen LogP contribution in [0.2, 0.25) is 0 Å². The molecule has 0 bridgehead atoms. The normalized spacial score (nSPS) is 11.1. The van der Waals surface area contributed by atoms with E-state index < -0.39 is 0 Å². The molecule has 0 spiro atoms. The van der Waals surface area contributed by atoms with E-state index in [0.29, 0.717) is 25.4 Å². The molecule has 7 heteroatoms. The van der Waals surface area contributed by atoms with Gasteiger partial charge in [-0.3, -0.25) is 14.7 Å². The number of ether oxygens (including phenoxy) is 1. The van der Waals surface area contributed by atoms with Gasteiger partial charge in [-0.1, -0.05) is 109 Å². The number of aromatic nitrogens is 2. The van der Waals surface area contributed by atoms with Crippen LogP contribution in [-0.2, 0) is 26.2 Å². The minimum Gasteiger partial charge on any atom is -0.489 e. The van der Waals surface area contributed by atoms with E-state index in [1.54, 1.807) is 6.20 Å². The van der Waals surface area contributed by atoms with Crippen molar-refractivity contribution in [2.24, 2.45) is 0 Å². The SMILES string of the molecule is O=C(NCc1ccccn1)c1csc(CN(CCC(c2ccccc2)c2ccccc2)Cc2ccc(OCc3ccccc3)cc2)n1. The van der Waals surface area contributed by atoms with Crippen LogP contribution < -0.4 is 10.1 Å². The van der Waals surface area contributed by atoms with Gasteiger partial charge < -0.3 is 10.1 Å². The molecule has 6 nitrogen and oxygen atoms in total. The first kappa shape index (κ1) is 31.9. The second-order valence-corrected chi connectivity index (χ2v) is 12.4. The molecule has 1 amide bonds. The summed E-state index contributed by atoms with van der Waals surface area (Å²) in [5.74, 6) is 0.917. The van der Waals surface area contributed by atoms with Gasteiger partial charge in [0.2, 0.25) is 0 Å². The molecule has 0 fully saturated rings. The summed E-state index contributed by atoms with van der Waals surface area (Å²) in [6.07, 6.45) is 2.66. The molecule has 0 saturated carbocycles. The highest BCUT2D eigenvalue weighted by Crippen LogP contribution is 2.29. The number of pyridine rings is 1. The van der Waals surface area contributed by atoms with Crippen molar-refractivity contribution in [1.29, 1.82) is 0 Å². The van der Waals surface area contributed by atoms with E-state index in [1.165, 1.54) is 28.0 Å². The lowest BCUT2D eigenvalue weighted by atomic mass is 9.88. The van der Waals surface area contributed by atoms with Gasteiger partial charge in [0.25, 0.3) is 5.91 Å². The molecule has 0 aliphatic rings. The fraction of sp³-hybridized carbons (Fsp3) is 0.175. The first-order valence-corrected chi connectivity index (χ1v) is 16.8. The first-order chi connectivity index (χ1) is 23.2. The Balaban J connectivity index is 1.15. The molecule has 0 atom stereocenters. The zero-order valence-corrected chi connectivity index (χ0v) is 27.1. The molecule has 0 aliphatic heterocycles. The molecular formula is C40H38N4O2S. The standard InChI is InChI=1S/C40H38N4O2S/c45-40(42-26-35-18-10-11-24-41-35)38-30-47-39(43-38)28-44(25-23-37(33-14-6-2-7-15-33)34-16-8-3-9-17-34)27-31-19-21-36(22-20-31)46-29-32-12-4-1-5-13-32/h1-22,24,30,37H,23,25-29H2,(H,42,45). The lowest BCUT2D eigenvalue weighted by molar-refractivity contribution is 0.0945. The topological polar surface area (TPSA) is 67.4 Å². The summed E-state index contributed by atoms with van der Waals surface area (Å²) in [7, 11) is 0. The van der Waals surface area contributed by atoms with Crippen LogP contribution in [0.3, 0.4) is 0 Å². The second kappa shape index (κ2) is 16.5. The number of benzene rings is 4. The number of rotatable bonds is 15. The number of hydrogen-bond donors (Lipinski definition) is 1. The molecule has 6 aromatic rings. The third-order valence-electron chi connectivity index (χ3n) is 8.02. The van der Waals surface area contributed by atoms with Crippen LogP contribution in [0.5, 0.6) is 5.75 Å². The third kappa shape index (κ3) is 9.45. The summed E-state index contributed by atoms with van der Waals surface area (Å²) in [5.41, 5.74) is 6.19. The number of nitrogens with one attached hydrogen (secondary N) is 1. The molecule has 0 saturated heterocycles. The van der Waals surface area contributed by atoms with Crippen molar-refractivity contribution in [2.45, 2.75) is 38.6 Å². The molecule has 0 aliphatic carbocycles. The van der Waals surface area contributed by atoms with Gasteiger partial charge >= 0.3 is 0 Å². The van der Waals surface area contributed by atoms with Gasteiger partial charge in [0, 0.05) is 24.0 Å². The van der Waals surface area contributed by atoms with E-state index in [1.807, 2.05) is 53.9 Å². The Labute approximate surface area is 280 Å². The Bertz CT molecular complexity index is 1760. The summed E-state index contributed by atoms with van der Waals surface area (Å²) in [5, 5.41) is 5.69. The zero-order chi connectivity index (χ0) is 32.1. The van der Waals surface area contributed by atoms with Crippen LogP contribution in [-0.4, -0.2) is 27.3 Å². The monoisotopic (exact) mass is 638 g/mol. The minimum atomic E-state index is -0.191. The van der Waals surface area contributed by atoms with E-state index in [4.69, 9.17) is 9.72 Å². The van der Waals surface area contributed by atoms with Crippen LogP contribution in [0.4, 0.5) is 0 Å². The molecule has 4 aromatic carbocycles. The van der Waals surface area contributed by atoms with E-state index in [0.717, 1.165) is 41.5 Å². The Morgan fingerprint density at radius 1 is 0.745 bits per heavy atom. The maximum atomic E-state index is 12.9. The molecule has 0 unspecified atom stereocenters. The maximum Gasteiger partial charge on any atom is 0.271 e. The Morgan fingerprint density at radius 2 is 1.40 bits per heavy atom. The highest BCUT2D eigenvalue weighted by molar-refractivity contribution is 7.09. The summed E-state index contributed by atoms with van der Waals surface area (Å²) in [4.78, 5) is 24.3. The Kier molecular flexibility index (Phi) is 11.1. The zero-order valence-electron chi connectivity index (χ0n) is 26.2. The number of carbonyl (C=O) groups is 1. The van der Waals surface area contributed by atoms with E-state index in [-0.39, 0.29) is 11.8 Å². The number of nitrogens with zero attached hydrogens (tertiary/aromatic N) is 3. The molecular weight excluding hydrogens is 601 g/mol. The van der Waals surface area contributed by atoms with Gasteiger partial charge in [0.15, 0.2) is 0 Å². The smallest absolute Gasteiger partial charge is 0.271 e. The van der Waals surface area contributed by atoms with Crippen molar-refractivity contribution < 1.29 is 9.53 Å².